The van der Waals surface area contributed by atoms with Crippen molar-refractivity contribution in [3.63, 3.8) is 0 Å². The van der Waals surface area contributed by atoms with Crippen LogP contribution in [-0.4, -0.2) is 34.4 Å². The van der Waals surface area contributed by atoms with Crippen molar-refractivity contribution in [2.24, 2.45) is 0 Å². The van der Waals surface area contributed by atoms with Gasteiger partial charge in [-0.3, -0.25) is 0 Å². The summed E-state index contributed by atoms with van der Waals surface area (Å²) in [4.78, 5) is 0. The minimum Gasteiger partial charge on any atom is -0.496 e. The average molecular weight is 304 g/mol. The lowest BCUT2D eigenvalue weighted by molar-refractivity contribution is 0.394. The van der Waals surface area contributed by atoms with E-state index in [1.165, 1.54) is 13.2 Å². The van der Waals surface area contributed by atoms with Gasteiger partial charge in [0.15, 0.2) is 0 Å². The molecule has 0 heterocycles. The van der Waals surface area contributed by atoms with Crippen LogP contribution in [0.15, 0.2) is 18.2 Å². The Morgan fingerprint density at radius 2 is 2.10 bits per heavy atom. The zero-order valence-electron chi connectivity index (χ0n) is 11.9. The number of methoxy groups -OCH3 is 1. The number of benzene rings is 1. The maximum absolute atomic E-state index is 13.8. The molecule has 1 atom stereocenters. The molecule has 114 valence electrons. The van der Waals surface area contributed by atoms with Crippen molar-refractivity contribution in [1.29, 1.82) is 0 Å². The van der Waals surface area contributed by atoms with Crippen molar-refractivity contribution >= 4 is 10.0 Å². The molecule has 7 heteroatoms. The molecule has 0 aliphatic rings. The first-order valence-electron chi connectivity index (χ1n) is 6.44. The first-order valence-corrected chi connectivity index (χ1v) is 8.09. The first-order chi connectivity index (χ1) is 9.41. The van der Waals surface area contributed by atoms with E-state index < -0.39 is 10.0 Å². The van der Waals surface area contributed by atoms with Crippen molar-refractivity contribution in [2.75, 3.05) is 26.0 Å². The van der Waals surface area contributed by atoms with E-state index in [0.29, 0.717) is 17.9 Å². The number of rotatable bonds is 8. The lowest BCUT2D eigenvalue weighted by atomic mass is 10.1. The molecule has 0 amide bonds. The second kappa shape index (κ2) is 7.56. The van der Waals surface area contributed by atoms with Crippen LogP contribution in [0, 0.1) is 5.82 Å². The molecule has 0 spiro atoms. The largest absolute Gasteiger partial charge is 0.496 e. The van der Waals surface area contributed by atoms with Crippen LogP contribution >= 0.6 is 0 Å². The molecular weight excluding hydrogens is 283 g/mol. The van der Waals surface area contributed by atoms with Crippen LogP contribution in [0.1, 0.15) is 25.5 Å². The van der Waals surface area contributed by atoms with E-state index in [1.807, 2.05) is 0 Å². The second-order valence-corrected chi connectivity index (χ2v) is 6.27. The molecule has 1 aromatic rings. The molecule has 2 N–H and O–H groups in total. The Morgan fingerprint density at radius 3 is 2.70 bits per heavy atom. The van der Waals surface area contributed by atoms with Gasteiger partial charge in [0.1, 0.15) is 11.6 Å². The van der Waals surface area contributed by atoms with E-state index in [1.54, 1.807) is 26.0 Å². The molecule has 0 aliphatic heterocycles. The Hall–Kier alpha value is -1.18. The molecule has 0 bridgehead atoms. The van der Waals surface area contributed by atoms with Crippen molar-refractivity contribution in [3.8, 4) is 5.75 Å². The van der Waals surface area contributed by atoms with Crippen molar-refractivity contribution < 1.29 is 17.5 Å². The fourth-order valence-corrected chi connectivity index (χ4v) is 2.89. The van der Waals surface area contributed by atoms with Gasteiger partial charge in [0.25, 0.3) is 0 Å². The monoisotopic (exact) mass is 304 g/mol. The SMILES string of the molecule is CCNS(=O)(=O)CCNC(C)c1c(F)cccc1OC. The molecule has 0 aliphatic carbocycles. The van der Waals surface area contributed by atoms with Gasteiger partial charge < -0.3 is 10.1 Å². The molecule has 1 rings (SSSR count). The molecule has 0 aromatic heterocycles. The van der Waals surface area contributed by atoms with Crippen molar-refractivity contribution in [2.45, 2.75) is 19.9 Å². The van der Waals surface area contributed by atoms with E-state index in [4.69, 9.17) is 4.74 Å². The number of halogens is 1. The van der Waals surface area contributed by atoms with E-state index in [0.717, 1.165) is 0 Å². The first kappa shape index (κ1) is 16.9. The minimum atomic E-state index is -3.27. The van der Waals surface area contributed by atoms with Crippen molar-refractivity contribution in [3.05, 3.63) is 29.6 Å². The number of hydrogen-bond acceptors (Lipinski definition) is 4. The predicted octanol–water partition coefficient (Wildman–Crippen LogP) is 1.42. The standard InChI is InChI=1S/C13H21FN2O3S/c1-4-16-20(17,18)9-8-15-10(2)13-11(14)6-5-7-12(13)19-3/h5-7,10,15-16H,4,8-9H2,1-3H3. The molecule has 0 saturated carbocycles. The number of hydrogen-bond donors (Lipinski definition) is 2. The highest BCUT2D eigenvalue weighted by Gasteiger charge is 2.17. The Balaban J connectivity index is 2.66. The Bertz CT molecular complexity index is 534. The average Bonchev–Trinajstić information content (AvgIpc) is 2.37. The lowest BCUT2D eigenvalue weighted by Gasteiger charge is -2.18. The Kier molecular flexibility index (Phi) is 6.38. The van der Waals surface area contributed by atoms with Crippen LogP contribution in [0.25, 0.3) is 0 Å². The summed E-state index contributed by atoms with van der Waals surface area (Å²) >= 11 is 0. The van der Waals surface area contributed by atoms with Crippen molar-refractivity contribution in [1.82, 2.24) is 10.0 Å². The Labute approximate surface area is 119 Å². The maximum Gasteiger partial charge on any atom is 0.212 e. The summed E-state index contributed by atoms with van der Waals surface area (Å²) in [5.74, 6) is 0.0144. The van der Waals surface area contributed by atoms with E-state index in [2.05, 4.69) is 10.0 Å². The normalized spacial score (nSPS) is 13.2. The summed E-state index contributed by atoms with van der Waals surface area (Å²) in [6, 6.07) is 4.25. The van der Waals surface area contributed by atoms with Crippen LogP contribution < -0.4 is 14.8 Å². The van der Waals surface area contributed by atoms with Gasteiger partial charge in [0.05, 0.1) is 12.9 Å². The summed E-state index contributed by atoms with van der Waals surface area (Å²) in [5, 5.41) is 2.99. The minimum absolute atomic E-state index is 0.0536. The maximum atomic E-state index is 13.8. The zero-order valence-corrected chi connectivity index (χ0v) is 12.8. The highest BCUT2D eigenvalue weighted by Crippen LogP contribution is 2.27. The zero-order chi connectivity index (χ0) is 15.2. The van der Waals surface area contributed by atoms with Crippen LogP contribution in [0.4, 0.5) is 4.39 Å². The van der Waals surface area contributed by atoms with Gasteiger partial charge in [-0.1, -0.05) is 13.0 Å². The highest BCUT2D eigenvalue weighted by atomic mass is 32.2. The second-order valence-electron chi connectivity index (χ2n) is 4.35. The van der Waals surface area contributed by atoms with Crippen LogP contribution in [0.2, 0.25) is 0 Å². The summed E-state index contributed by atoms with van der Waals surface area (Å²) in [7, 11) is -1.80. The smallest absolute Gasteiger partial charge is 0.212 e. The highest BCUT2D eigenvalue weighted by molar-refractivity contribution is 7.89. The Morgan fingerprint density at radius 1 is 1.40 bits per heavy atom. The quantitative estimate of drug-likeness (QED) is 0.762. The molecule has 0 radical (unpaired) electrons. The van der Waals surface area contributed by atoms with Crippen LogP contribution in [0.5, 0.6) is 5.75 Å². The number of sulfonamides is 1. The summed E-state index contributed by atoms with van der Waals surface area (Å²) in [6.45, 7) is 4.08. The van der Waals surface area contributed by atoms with Gasteiger partial charge in [0.2, 0.25) is 10.0 Å². The number of nitrogens with one attached hydrogen (secondary N) is 2. The van der Waals surface area contributed by atoms with Crippen LogP contribution in [0.3, 0.4) is 0 Å². The molecule has 1 aromatic carbocycles. The summed E-state index contributed by atoms with van der Waals surface area (Å²) in [5.41, 5.74) is 0.399. The lowest BCUT2D eigenvalue weighted by Crippen LogP contribution is -2.33. The van der Waals surface area contributed by atoms with Crippen LogP contribution in [-0.2, 0) is 10.0 Å². The van der Waals surface area contributed by atoms with Gasteiger partial charge in [-0.15, -0.1) is 0 Å². The van der Waals surface area contributed by atoms with E-state index in [9.17, 15) is 12.8 Å². The summed E-state index contributed by atoms with van der Waals surface area (Å²) in [6.07, 6.45) is 0. The molecule has 20 heavy (non-hydrogen) atoms. The molecule has 0 saturated heterocycles. The van der Waals surface area contributed by atoms with Gasteiger partial charge in [-0.25, -0.2) is 17.5 Å². The van der Waals surface area contributed by atoms with E-state index >= 15 is 0 Å². The topological polar surface area (TPSA) is 67.4 Å². The van der Waals surface area contributed by atoms with Gasteiger partial charge in [-0.2, -0.15) is 0 Å². The van der Waals surface area contributed by atoms with E-state index in [-0.39, 0.29) is 24.2 Å². The molecule has 5 nitrogen and oxygen atoms in total. The van der Waals surface area contributed by atoms with Gasteiger partial charge >= 0.3 is 0 Å². The van der Waals surface area contributed by atoms with Gasteiger partial charge in [-0.05, 0) is 19.1 Å². The fourth-order valence-electron chi connectivity index (χ4n) is 1.92. The molecule has 0 fully saturated rings. The third-order valence-electron chi connectivity index (χ3n) is 2.85. The third kappa shape index (κ3) is 4.73. The third-order valence-corrected chi connectivity index (χ3v) is 4.32. The molecule has 1 unspecified atom stereocenters. The number of ether oxygens (including phenoxy) is 1. The molecular formula is C13H21FN2O3S. The van der Waals surface area contributed by atoms with Gasteiger partial charge in [0, 0.05) is 24.7 Å². The fraction of sp³-hybridized carbons (Fsp3) is 0.538. The predicted molar refractivity (Wildman–Crippen MR) is 76.8 cm³/mol. The summed E-state index contributed by atoms with van der Waals surface area (Å²) < 4.78 is 44.3.